The van der Waals surface area contributed by atoms with Gasteiger partial charge < -0.3 is 5.32 Å². The SMILES string of the molecule is CCc1ccc(N2C(=O)C(Nc3cccc(C(F)(F)F)c3)=C(c3cccs3)C2=O)cc1. The first kappa shape index (κ1) is 20.9. The van der Waals surface area contributed by atoms with Gasteiger partial charge in [-0.25, -0.2) is 4.90 Å². The fourth-order valence-corrected chi connectivity index (χ4v) is 4.10. The second-order valence-electron chi connectivity index (χ2n) is 6.90. The molecule has 2 heterocycles. The van der Waals surface area contributed by atoms with Gasteiger partial charge in [0, 0.05) is 10.6 Å². The van der Waals surface area contributed by atoms with Gasteiger partial charge in [-0.1, -0.05) is 31.2 Å². The number of thiophene rings is 1. The molecule has 0 spiro atoms. The molecule has 0 saturated heterocycles. The van der Waals surface area contributed by atoms with Crippen LogP contribution in [0.4, 0.5) is 24.5 Å². The molecule has 0 fully saturated rings. The van der Waals surface area contributed by atoms with Crippen LogP contribution in [0, 0.1) is 0 Å². The standard InChI is InChI=1S/C23H17F3N2O2S/c1-2-14-8-10-17(11-9-14)28-21(29)19(18-7-4-12-31-18)20(22(28)30)27-16-6-3-5-15(13-16)23(24,25)26/h3-13,27H,2H2,1H3. The molecular formula is C23H17F3N2O2S. The highest BCUT2D eigenvalue weighted by Gasteiger charge is 2.41. The van der Waals surface area contributed by atoms with E-state index >= 15 is 0 Å². The summed E-state index contributed by atoms with van der Waals surface area (Å²) >= 11 is 1.27. The predicted molar refractivity (Wildman–Crippen MR) is 115 cm³/mol. The second-order valence-corrected chi connectivity index (χ2v) is 7.84. The summed E-state index contributed by atoms with van der Waals surface area (Å²) in [6.07, 6.45) is -3.71. The summed E-state index contributed by atoms with van der Waals surface area (Å²) in [4.78, 5) is 28.1. The molecule has 8 heteroatoms. The summed E-state index contributed by atoms with van der Waals surface area (Å²) in [6.45, 7) is 1.99. The molecule has 0 radical (unpaired) electrons. The van der Waals surface area contributed by atoms with E-state index in [0.29, 0.717) is 10.6 Å². The number of amides is 2. The smallest absolute Gasteiger partial charge is 0.350 e. The molecule has 0 bridgehead atoms. The van der Waals surface area contributed by atoms with Crippen molar-refractivity contribution >= 4 is 40.1 Å². The number of nitrogens with zero attached hydrogens (tertiary/aromatic N) is 1. The average molecular weight is 442 g/mol. The highest BCUT2D eigenvalue weighted by Crippen LogP contribution is 2.36. The van der Waals surface area contributed by atoms with Crippen LogP contribution in [0.5, 0.6) is 0 Å². The molecule has 1 N–H and O–H groups in total. The minimum atomic E-state index is -4.52. The van der Waals surface area contributed by atoms with Crippen LogP contribution < -0.4 is 10.2 Å². The van der Waals surface area contributed by atoms with Gasteiger partial charge in [0.15, 0.2) is 0 Å². The Morgan fingerprint density at radius 2 is 1.71 bits per heavy atom. The van der Waals surface area contributed by atoms with Gasteiger partial charge >= 0.3 is 6.18 Å². The maximum Gasteiger partial charge on any atom is 0.416 e. The van der Waals surface area contributed by atoms with E-state index in [9.17, 15) is 22.8 Å². The molecule has 1 aliphatic rings. The van der Waals surface area contributed by atoms with Crippen LogP contribution in [0.25, 0.3) is 5.57 Å². The maximum absolute atomic E-state index is 13.2. The van der Waals surface area contributed by atoms with Crippen molar-refractivity contribution in [2.45, 2.75) is 19.5 Å². The number of halogens is 3. The molecule has 31 heavy (non-hydrogen) atoms. The van der Waals surface area contributed by atoms with Crippen LogP contribution in [-0.4, -0.2) is 11.8 Å². The van der Waals surface area contributed by atoms with Crippen LogP contribution >= 0.6 is 11.3 Å². The maximum atomic E-state index is 13.2. The Hall–Kier alpha value is -3.39. The Kier molecular flexibility index (Phi) is 5.41. The van der Waals surface area contributed by atoms with E-state index in [1.54, 1.807) is 29.6 Å². The van der Waals surface area contributed by atoms with E-state index in [1.165, 1.54) is 23.5 Å². The lowest BCUT2D eigenvalue weighted by Crippen LogP contribution is -2.32. The van der Waals surface area contributed by atoms with Gasteiger partial charge in [0.05, 0.1) is 16.8 Å². The van der Waals surface area contributed by atoms with E-state index in [2.05, 4.69) is 5.32 Å². The number of rotatable bonds is 5. The topological polar surface area (TPSA) is 49.4 Å². The fraction of sp³-hybridized carbons (Fsp3) is 0.130. The third-order valence-electron chi connectivity index (χ3n) is 4.91. The Morgan fingerprint density at radius 1 is 0.968 bits per heavy atom. The van der Waals surface area contributed by atoms with Crippen molar-refractivity contribution in [3.63, 3.8) is 0 Å². The lowest BCUT2D eigenvalue weighted by Gasteiger charge is -2.16. The number of imide groups is 1. The number of hydrogen-bond donors (Lipinski definition) is 1. The van der Waals surface area contributed by atoms with E-state index in [0.717, 1.165) is 29.0 Å². The molecule has 0 saturated carbocycles. The Bertz CT molecular complexity index is 1170. The fourth-order valence-electron chi connectivity index (χ4n) is 3.33. The Morgan fingerprint density at radius 3 is 2.32 bits per heavy atom. The van der Waals surface area contributed by atoms with Gasteiger partial charge in [0.2, 0.25) is 0 Å². The van der Waals surface area contributed by atoms with Crippen molar-refractivity contribution in [1.29, 1.82) is 0 Å². The summed E-state index contributed by atoms with van der Waals surface area (Å²) in [5, 5.41) is 4.53. The predicted octanol–water partition coefficient (Wildman–Crippen LogP) is 5.73. The third-order valence-corrected chi connectivity index (χ3v) is 5.80. The zero-order chi connectivity index (χ0) is 22.2. The van der Waals surface area contributed by atoms with Crippen molar-refractivity contribution in [2.24, 2.45) is 0 Å². The summed E-state index contributed by atoms with van der Waals surface area (Å²) in [5.41, 5.74) is 0.768. The van der Waals surface area contributed by atoms with Crippen molar-refractivity contribution in [3.8, 4) is 0 Å². The zero-order valence-corrected chi connectivity index (χ0v) is 17.2. The quantitative estimate of drug-likeness (QED) is 0.514. The molecule has 0 unspecified atom stereocenters. The average Bonchev–Trinajstić information content (AvgIpc) is 3.35. The molecular weight excluding hydrogens is 425 g/mol. The molecule has 0 aliphatic carbocycles. The zero-order valence-electron chi connectivity index (χ0n) is 16.4. The number of benzene rings is 2. The van der Waals surface area contributed by atoms with Crippen molar-refractivity contribution in [2.75, 3.05) is 10.2 Å². The van der Waals surface area contributed by atoms with Gasteiger partial charge in [0.1, 0.15) is 5.70 Å². The van der Waals surface area contributed by atoms with E-state index in [1.807, 2.05) is 19.1 Å². The molecule has 1 aromatic heterocycles. The molecule has 2 aromatic carbocycles. The minimum Gasteiger partial charge on any atom is -0.350 e. The summed E-state index contributed by atoms with van der Waals surface area (Å²) in [7, 11) is 0. The number of anilines is 2. The van der Waals surface area contributed by atoms with E-state index in [-0.39, 0.29) is 17.0 Å². The molecule has 3 aromatic rings. The minimum absolute atomic E-state index is 0.0497. The molecule has 1 aliphatic heterocycles. The third kappa shape index (κ3) is 3.98. The van der Waals surface area contributed by atoms with Crippen molar-refractivity contribution < 1.29 is 22.8 Å². The van der Waals surface area contributed by atoms with Crippen LogP contribution in [-0.2, 0) is 22.2 Å². The van der Waals surface area contributed by atoms with Gasteiger partial charge in [-0.05, 0) is 53.8 Å². The number of carbonyl (C=O) groups is 2. The summed E-state index contributed by atoms with van der Waals surface area (Å²) < 4.78 is 39.3. The number of carbonyl (C=O) groups excluding carboxylic acids is 2. The highest BCUT2D eigenvalue weighted by atomic mass is 32.1. The van der Waals surface area contributed by atoms with E-state index in [4.69, 9.17) is 0 Å². The highest BCUT2D eigenvalue weighted by molar-refractivity contribution is 7.11. The number of aryl methyl sites for hydroxylation is 1. The summed E-state index contributed by atoms with van der Waals surface area (Å²) in [5.74, 6) is -1.14. The number of nitrogens with one attached hydrogen (secondary N) is 1. The normalized spacial score (nSPS) is 14.5. The first-order valence-electron chi connectivity index (χ1n) is 9.49. The lowest BCUT2D eigenvalue weighted by atomic mass is 10.1. The Labute approximate surface area is 180 Å². The van der Waals surface area contributed by atoms with Gasteiger partial charge in [-0.2, -0.15) is 13.2 Å². The number of hydrogen-bond acceptors (Lipinski definition) is 4. The molecule has 158 valence electrons. The van der Waals surface area contributed by atoms with Crippen LogP contribution in [0.3, 0.4) is 0 Å². The molecule has 4 rings (SSSR count). The van der Waals surface area contributed by atoms with Crippen LogP contribution in [0.1, 0.15) is 22.9 Å². The van der Waals surface area contributed by atoms with Crippen LogP contribution in [0.2, 0.25) is 0 Å². The monoisotopic (exact) mass is 442 g/mol. The van der Waals surface area contributed by atoms with E-state index < -0.39 is 23.6 Å². The Balaban J connectivity index is 1.76. The lowest BCUT2D eigenvalue weighted by molar-refractivity contribution is -0.137. The second kappa shape index (κ2) is 8.03. The van der Waals surface area contributed by atoms with Gasteiger partial charge in [0.25, 0.3) is 11.8 Å². The van der Waals surface area contributed by atoms with Gasteiger partial charge in [-0.3, -0.25) is 9.59 Å². The molecule has 4 nitrogen and oxygen atoms in total. The number of alkyl halides is 3. The first-order valence-corrected chi connectivity index (χ1v) is 10.4. The van der Waals surface area contributed by atoms with Gasteiger partial charge in [-0.15, -0.1) is 11.3 Å². The molecule has 2 amide bonds. The summed E-state index contributed by atoms with van der Waals surface area (Å²) in [6, 6.07) is 15.0. The van der Waals surface area contributed by atoms with Crippen molar-refractivity contribution in [1.82, 2.24) is 0 Å². The van der Waals surface area contributed by atoms with Crippen LogP contribution in [0.15, 0.2) is 71.7 Å². The largest absolute Gasteiger partial charge is 0.416 e. The van der Waals surface area contributed by atoms with Crippen molar-refractivity contribution in [3.05, 3.63) is 87.7 Å². The molecule has 0 atom stereocenters. The first-order chi connectivity index (χ1) is 14.8.